The van der Waals surface area contributed by atoms with Gasteiger partial charge in [-0.3, -0.25) is 0 Å². The van der Waals surface area contributed by atoms with Gasteiger partial charge in [0, 0.05) is 6.42 Å². The second-order valence-electron chi connectivity index (χ2n) is 2.36. The third kappa shape index (κ3) is 2.15. The zero-order valence-corrected chi connectivity index (χ0v) is 8.00. The Morgan fingerprint density at radius 3 is 2.40 bits per heavy atom. The first-order chi connectivity index (χ1) is 4.79. The van der Waals surface area contributed by atoms with Crippen molar-refractivity contribution >= 4 is 15.6 Å². The normalized spacial score (nSPS) is 9.60. The summed E-state index contributed by atoms with van der Waals surface area (Å²) in [5.41, 5.74) is 1.13. The van der Waals surface area contributed by atoms with Crippen LogP contribution in [0, 0.1) is 0 Å². The SMILES string of the molecule is O=C([SiH3])Cc1ccccc1. The van der Waals surface area contributed by atoms with E-state index in [2.05, 4.69) is 0 Å². The molecule has 0 amide bonds. The summed E-state index contributed by atoms with van der Waals surface area (Å²) in [5.74, 6) is 0. The molecule has 0 saturated heterocycles. The van der Waals surface area contributed by atoms with Gasteiger partial charge in [0.2, 0.25) is 0 Å². The summed E-state index contributed by atoms with van der Waals surface area (Å²) in [6, 6.07) is 9.84. The highest BCUT2D eigenvalue weighted by molar-refractivity contribution is 6.57. The minimum absolute atomic E-state index is 0.353. The third-order valence-electron chi connectivity index (χ3n) is 1.30. The van der Waals surface area contributed by atoms with E-state index in [1.165, 1.54) is 0 Å². The van der Waals surface area contributed by atoms with Gasteiger partial charge in [-0.05, 0) is 5.56 Å². The Bertz CT molecular complexity index is 218. The van der Waals surface area contributed by atoms with Crippen LogP contribution in [0.15, 0.2) is 30.3 Å². The molecular formula is C8H10OSi. The second-order valence-corrected chi connectivity index (χ2v) is 3.48. The predicted octanol–water partition coefficient (Wildman–Crippen LogP) is 0.121. The molecule has 0 heterocycles. The average molecular weight is 150 g/mol. The molecule has 1 aromatic rings. The maximum Gasteiger partial charge on any atom is 0.105 e. The van der Waals surface area contributed by atoms with E-state index in [4.69, 9.17) is 0 Å². The van der Waals surface area contributed by atoms with Crippen LogP contribution in [-0.4, -0.2) is 15.6 Å². The molecule has 0 unspecified atom stereocenters. The van der Waals surface area contributed by atoms with E-state index in [1.807, 2.05) is 30.3 Å². The summed E-state index contributed by atoms with van der Waals surface area (Å²) < 4.78 is 0. The van der Waals surface area contributed by atoms with Gasteiger partial charge in [-0.1, -0.05) is 30.3 Å². The molecular weight excluding hydrogens is 140 g/mol. The average Bonchev–Trinajstić information content (AvgIpc) is 1.88. The molecule has 0 atom stereocenters. The van der Waals surface area contributed by atoms with Gasteiger partial charge in [0.25, 0.3) is 0 Å². The van der Waals surface area contributed by atoms with E-state index in [9.17, 15) is 4.79 Å². The summed E-state index contributed by atoms with van der Waals surface area (Å²) in [4.78, 5) is 10.7. The summed E-state index contributed by atoms with van der Waals surface area (Å²) in [6.07, 6.45) is 0.618. The lowest BCUT2D eigenvalue weighted by atomic mass is 10.2. The molecule has 0 saturated carbocycles. The molecule has 1 aromatic carbocycles. The molecule has 2 heteroatoms. The Morgan fingerprint density at radius 2 is 1.90 bits per heavy atom. The van der Waals surface area contributed by atoms with Crippen LogP contribution in [0.1, 0.15) is 5.56 Å². The van der Waals surface area contributed by atoms with Crippen molar-refractivity contribution in [1.82, 2.24) is 0 Å². The van der Waals surface area contributed by atoms with Gasteiger partial charge in [-0.2, -0.15) is 0 Å². The van der Waals surface area contributed by atoms with Gasteiger partial charge in [-0.25, -0.2) is 0 Å². The highest BCUT2D eigenvalue weighted by Gasteiger charge is 1.93. The quantitative estimate of drug-likeness (QED) is 0.547. The lowest BCUT2D eigenvalue weighted by molar-refractivity contribution is -0.111. The first-order valence-electron chi connectivity index (χ1n) is 3.32. The van der Waals surface area contributed by atoms with E-state index in [-0.39, 0.29) is 0 Å². The number of carbonyl (C=O) groups excluding carboxylic acids is 1. The van der Waals surface area contributed by atoms with E-state index in [0.717, 1.165) is 5.56 Å². The van der Waals surface area contributed by atoms with Crippen LogP contribution in [0.2, 0.25) is 0 Å². The maximum atomic E-state index is 10.7. The Hall–Kier alpha value is -0.893. The fourth-order valence-corrected chi connectivity index (χ4v) is 1.29. The van der Waals surface area contributed by atoms with Gasteiger partial charge in [0.05, 0.1) is 10.2 Å². The zero-order chi connectivity index (χ0) is 7.40. The van der Waals surface area contributed by atoms with Crippen LogP contribution in [0.25, 0.3) is 0 Å². The van der Waals surface area contributed by atoms with Crippen LogP contribution in [0.3, 0.4) is 0 Å². The van der Waals surface area contributed by atoms with E-state index >= 15 is 0 Å². The Kier molecular flexibility index (Phi) is 2.40. The largest absolute Gasteiger partial charge is 0.306 e. The third-order valence-corrected chi connectivity index (χ3v) is 1.65. The summed E-state index contributed by atoms with van der Waals surface area (Å²) in [7, 11) is 0.665. The number of rotatable bonds is 2. The van der Waals surface area contributed by atoms with Crippen LogP contribution in [0.4, 0.5) is 0 Å². The molecule has 0 radical (unpaired) electrons. The Balaban J connectivity index is 2.67. The highest BCUT2D eigenvalue weighted by Crippen LogP contribution is 1.98. The van der Waals surface area contributed by atoms with Crippen LogP contribution in [0.5, 0.6) is 0 Å². The van der Waals surface area contributed by atoms with Gasteiger partial charge in [0.1, 0.15) is 5.41 Å². The Morgan fingerprint density at radius 1 is 1.30 bits per heavy atom. The fraction of sp³-hybridized carbons (Fsp3) is 0.125. The maximum absolute atomic E-state index is 10.7. The lowest BCUT2D eigenvalue weighted by Gasteiger charge is -1.93. The van der Waals surface area contributed by atoms with Gasteiger partial charge >= 0.3 is 0 Å². The Labute approximate surface area is 63.5 Å². The number of benzene rings is 1. The molecule has 1 rings (SSSR count). The second kappa shape index (κ2) is 3.32. The minimum atomic E-state index is 0.353. The minimum Gasteiger partial charge on any atom is -0.306 e. The van der Waals surface area contributed by atoms with Crippen molar-refractivity contribution in [2.24, 2.45) is 0 Å². The smallest absolute Gasteiger partial charge is 0.105 e. The van der Waals surface area contributed by atoms with E-state index in [1.54, 1.807) is 0 Å². The van der Waals surface area contributed by atoms with Crippen molar-refractivity contribution in [2.45, 2.75) is 6.42 Å². The van der Waals surface area contributed by atoms with Crippen molar-refractivity contribution < 1.29 is 4.79 Å². The lowest BCUT2D eigenvalue weighted by Crippen LogP contribution is -2.00. The summed E-state index contributed by atoms with van der Waals surface area (Å²) in [5, 5.41) is 0.353. The molecule has 52 valence electrons. The van der Waals surface area contributed by atoms with Crippen LogP contribution < -0.4 is 0 Å². The number of hydrogen-bond acceptors (Lipinski definition) is 1. The molecule has 0 aliphatic heterocycles. The molecule has 0 aliphatic rings. The monoisotopic (exact) mass is 150 g/mol. The molecule has 0 aromatic heterocycles. The highest BCUT2D eigenvalue weighted by atomic mass is 28.1. The van der Waals surface area contributed by atoms with Gasteiger partial charge in [0.15, 0.2) is 0 Å². The zero-order valence-electron chi connectivity index (χ0n) is 6.00. The van der Waals surface area contributed by atoms with Crippen LogP contribution >= 0.6 is 0 Å². The molecule has 0 aliphatic carbocycles. The molecule has 0 N–H and O–H groups in total. The predicted molar refractivity (Wildman–Crippen MR) is 45.1 cm³/mol. The molecule has 0 bridgehead atoms. The van der Waals surface area contributed by atoms with Crippen molar-refractivity contribution in [2.75, 3.05) is 0 Å². The summed E-state index contributed by atoms with van der Waals surface area (Å²) in [6.45, 7) is 0. The molecule has 0 fully saturated rings. The van der Waals surface area contributed by atoms with Gasteiger partial charge in [-0.15, -0.1) is 0 Å². The number of hydrogen-bond donors (Lipinski definition) is 0. The molecule has 10 heavy (non-hydrogen) atoms. The number of carbonyl (C=O) groups is 1. The van der Waals surface area contributed by atoms with Crippen molar-refractivity contribution in [3.63, 3.8) is 0 Å². The first-order valence-corrected chi connectivity index (χ1v) is 4.32. The van der Waals surface area contributed by atoms with E-state index in [0.29, 0.717) is 22.1 Å². The first kappa shape index (κ1) is 7.22. The molecule has 1 nitrogen and oxygen atoms in total. The van der Waals surface area contributed by atoms with Crippen LogP contribution in [-0.2, 0) is 11.2 Å². The standard InChI is InChI=1S/C8H10OSi/c9-8(10)6-7-4-2-1-3-5-7/h1-5H,6H2,10H3. The van der Waals surface area contributed by atoms with Crippen molar-refractivity contribution in [3.8, 4) is 0 Å². The molecule has 0 spiro atoms. The van der Waals surface area contributed by atoms with E-state index < -0.39 is 0 Å². The summed E-state index contributed by atoms with van der Waals surface area (Å²) >= 11 is 0. The van der Waals surface area contributed by atoms with Gasteiger partial charge < -0.3 is 4.79 Å². The van der Waals surface area contributed by atoms with Crippen molar-refractivity contribution in [3.05, 3.63) is 35.9 Å². The van der Waals surface area contributed by atoms with Crippen molar-refractivity contribution in [1.29, 1.82) is 0 Å². The fourth-order valence-electron chi connectivity index (χ4n) is 0.883. The topological polar surface area (TPSA) is 17.1 Å².